The Bertz CT molecular complexity index is 1240. The number of aromatic nitrogens is 7. The summed E-state index contributed by atoms with van der Waals surface area (Å²) in [4.78, 5) is 17.2. The fraction of sp³-hybridized carbons (Fsp3) is 0.278. The average molecular weight is 418 g/mol. The molecule has 12 heteroatoms. The SMILES string of the molecule is CC1c2ncc(C(F)(F)F)n2CCN1c1cnnc(-c2c[nH]c3ncc(F)cc23)n1. The maximum atomic E-state index is 13.6. The molecule has 1 aliphatic rings. The molecule has 5 heterocycles. The average Bonchev–Trinajstić information content (AvgIpc) is 3.32. The van der Waals surface area contributed by atoms with Crippen LogP contribution in [0.25, 0.3) is 22.4 Å². The lowest BCUT2D eigenvalue weighted by Crippen LogP contribution is -2.38. The van der Waals surface area contributed by atoms with Gasteiger partial charge in [0.25, 0.3) is 0 Å². The summed E-state index contributed by atoms with van der Waals surface area (Å²) < 4.78 is 54.4. The molecule has 4 aromatic heterocycles. The minimum absolute atomic E-state index is 0.107. The number of nitrogens with zero attached hydrogens (tertiary/aromatic N) is 7. The van der Waals surface area contributed by atoms with E-state index in [4.69, 9.17) is 0 Å². The van der Waals surface area contributed by atoms with Crippen LogP contribution >= 0.6 is 0 Å². The molecule has 4 aromatic rings. The molecule has 0 bridgehead atoms. The fourth-order valence-corrected chi connectivity index (χ4v) is 3.75. The maximum absolute atomic E-state index is 13.6. The molecule has 8 nitrogen and oxygen atoms in total. The Morgan fingerprint density at radius 1 is 1.13 bits per heavy atom. The summed E-state index contributed by atoms with van der Waals surface area (Å²) in [5, 5.41) is 8.53. The van der Waals surface area contributed by atoms with E-state index in [1.54, 1.807) is 13.1 Å². The summed E-state index contributed by atoms with van der Waals surface area (Å²) in [7, 11) is 0. The molecule has 0 saturated carbocycles. The molecule has 1 N–H and O–H groups in total. The Labute approximate surface area is 166 Å². The van der Waals surface area contributed by atoms with E-state index in [9.17, 15) is 17.6 Å². The van der Waals surface area contributed by atoms with E-state index in [2.05, 4.69) is 30.1 Å². The third-order valence-electron chi connectivity index (χ3n) is 5.16. The summed E-state index contributed by atoms with van der Waals surface area (Å²) in [6.07, 6.45) is 0.545. The molecular weight excluding hydrogens is 404 g/mol. The Hall–Kier alpha value is -3.57. The minimum Gasteiger partial charge on any atom is -0.345 e. The van der Waals surface area contributed by atoms with Crippen LogP contribution in [0.3, 0.4) is 0 Å². The van der Waals surface area contributed by atoms with E-state index in [1.807, 2.05) is 4.90 Å². The van der Waals surface area contributed by atoms with Gasteiger partial charge in [-0.15, -0.1) is 5.10 Å². The van der Waals surface area contributed by atoms with Crippen molar-refractivity contribution in [3.63, 3.8) is 0 Å². The van der Waals surface area contributed by atoms with Crippen molar-refractivity contribution in [1.29, 1.82) is 0 Å². The first kappa shape index (κ1) is 18.5. The molecule has 0 fully saturated rings. The van der Waals surface area contributed by atoms with Gasteiger partial charge in [-0.05, 0) is 13.0 Å². The lowest BCUT2D eigenvalue weighted by molar-refractivity contribution is -0.143. The van der Waals surface area contributed by atoms with E-state index in [0.29, 0.717) is 28.2 Å². The highest BCUT2D eigenvalue weighted by Gasteiger charge is 2.39. The first-order chi connectivity index (χ1) is 14.3. The van der Waals surface area contributed by atoms with E-state index in [0.717, 1.165) is 12.4 Å². The van der Waals surface area contributed by atoms with Crippen molar-refractivity contribution in [2.45, 2.75) is 25.7 Å². The molecule has 0 spiro atoms. The van der Waals surface area contributed by atoms with E-state index >= 15 is 0 Å². The fourth-order valence-electron chi connectivity index (χ4n) is 3.75. The number of H-pyrrole nitrogens is 1. The van der Waals surface area contributed by atoms with Crippen LogP contribution in [0.1, 0.15) is 24.5 Å². The third kappa shape index (κ3) is 2.86. The van der Waals surface area contributed by atoms with Crippen LogP contribution in [0.5, 0.6) is 0 Å². The molecule has 5 rings (SSSR count). The second kappa shape index (κ2) is 6.47. The largest absolute Gasteiger partial charge is 0.433 e. The van der Waals surface area contributed by atoms with Crippen LogP contribution in [-0.4, -0.2) is 41.2 Å². The first-order valence-electron chi connectivity index (χ1n) is 9.05. The first-order valence-corrected chi connectivity index (χ1v) is 9.05. The molecule has 30 heavy (non-hydrogen) atoms. The van der Waals surface area contributed by atoms with Crippen molar-refractivity contribution in [3.05, 3.63) is 48.2 Å². The van der Waals surface area contributed by atoms with Crippen LogP contribution in [0, 0.1) is 5.82 Å². The van der Waals surface area contributed by atoms with Gasteiger partial charge in [-0.2, -0.15) is 18.3 Å². The zero-order chi connectivity index (χ0) is 21.0. The van der Waals surface area contributed by atoms with Crippen molar-refractivity contribution in [2.75, 3.05) is 11.4 Å². The second-order valence-corrected chi connectivity index (χ2v) is 6.91. The zero-order valence-electron chi connectivity index (χ0n) is 15.5. The van der Waals surface area contributed by atoms with Gasteiger partial charge in [-0.25, -0.2) is 19.3 Å². The van der Waals surface area contributed by atoms with Gasteiger partial charge in [0, 0.05) is 30.2 Å². The monoisotopic (exact) mass is 418 g/mol. The molecule has 1 aliphatic heterocycles. The number of halogens is 4. The number of fused-ring (bicyclic) bond motifs is 2. The normalized spacial score (nSPS) is 16.8. The van der Waals surface area contributed by atoms with E-state index < -0.39 is 23.7 Å². The number of hydrogen-bond acceptors (Lipinski definition) is 6. The molecule has 1 atom stereocenters. The quantitative estimate of drug-likeness (QED) is 0.503. The van der Waals surface area contributed by atoms with Gasteiger partial charge in [-0.1, -0.05) is 0 Å². The van der Waals surface area contributed by atoms with Gasteiger partial charge in [0.2, 0.25) is 0 Å². The number of pyridine rings is 1. The lowest BCUT2D eigenvalue weighted by atomic mass is 10.2. The number of aromatic amines is 1. The molecule has 0 amide bonds. The molecule has 0 aliphatic carbocycles. The number of imidazole rings is 1. The van der Waals surface area contributed by atoms with Gasteiger partial charge in [0.1, 0.15) is 23.0 Å². The Morgan fingerprint density at radius 2 is 1.97 bits per heavy atom. The topological polar surface area (TPSA) is 88.4 Å². The minimum atomic E-state index is -4.46. The second-order valence-electron chi connectivity index (χ2n) is 6.91. The molecular formula is C18H14F4N8. The Balaban J connectivity index is 1.52. The van der Waals surface area contributed by atoms with Gasteiger partial charge in [0.05, 0.1) is 24.6 Å². The van der Waals surface area contributed by atoms with Crippen LogP contribution in [0.4, 0.5) is 23.4 Å². The van der Waals surface area contributed by atoms with Crippen LogP contribution in [-0.2, 0) is 12.7 Å². The number of hydrogen-bond donors (Lipinski definition) is 1. The van der Waals surface area contributed by atoms with Gasteiger partial charge in [0.15, 0.2) is 11.6 Å². The van der Waals surface area contributed by atoms with E-state index in [-0.39, 0.29) is 18.9 Å². The van der Waals surface area contributed by atoms with Crippen molar-refractivity contribution >= 4 is 16.9 Å². The summed E-state index contributed by atoms with van der Waals surface area (Å²) >= 11 is 0. The molecule has 154 valence electrons. The molecule has 0 saturated heterocycles. The molecule has 0 aromatic carbocycles. The van der Waals surface area contributed by atoms with Crippen molar-refractivity contribution < 1.29 is 17.6 Å². The predicted molar refractivity (Wildman–Crippen MR) is 97.9 cm³/mol. The number of nitrogens with one attached hydrogen (secondary N) is 1. The summed E-state index contributed by atoms with van der Waals surface area (Å²) in [5.41, 5.74) is 0.240. The third-order valence-corrected chi connectivity index (χ3v) is 5.16. The highest BCUT2D eigenvalue weighted by atomic mass is 19.4. The predicted octanol–water partition coefficient (Wildman–Crippen LogP) is 3.35. The van der Waals surface area contributed by atoms with Crippen LogP contribution < -0.4 is 4.90 Å². The maximum Gasteiger partial charge on any atom is 0.433 e. The highest BCUT2D eigenvalue weighted by molar-refractivity contribution is 5.91. The van der Waals surface area contributed by atoms with Crippen LogP contribution in [0.15, 0.2) is 30.9 Å². The Kier molecular flexibility index (Phi) is 3.98. The molecule has 1 unspecified atom stereocenters. The van der Waals surface area contributed by atoms with Crippen molar-refractivity contribution in [3.8, 4) is 11.4 Å². The van der Waals surface area contributed by atoms with Crippen LogP contribution in [0.2, 0.25) is 0 Å². The van der Waals surface area contributed by atoms with Gasteiger partial charge in [-0.3, -0.25) is 0 Å². The number of alkyl halides is 3. The Morgan fingerprint density at radius 3 is 2.77 bits per heavy atom. The zero-order valence-corrected chi connectivity index (χ0v) is 15.5. The summed E-state index contributed by atoms with van der Waals surface area (Å²) in [6, 6.07) is 0.866. The summed E-state index contributed by atoms with van der Waals surface area (Å²) in [5.74, 6) is 0.494. The smallest absolute Gasteiger partial charge is 0.345 e. The standard InChI is InChI=1S/C18H14F4N8/c1-9-17-25-7-13(18(20,21)22)30(17)3-2-29(9)14-8-26-28-16(27-14)12-6-24-15-11(12)4-10(19)5-23-15/h4-9H,2-3H2,1H3,(H,23,24). The number of anilines is 1. The number of rotatable bonds is 2. The van der Waals surface area contributed by atoms with Gasteiger partial charge >= 0.3 is 6.18 Å². The molecule has 0 radical (unpaired) electrons. The van der Waals surface area contributed by atoms with E-state index in [1.165, 1.54) is 16.8 Å². The highest BCUT2D eigenvalue weighted by Crippen LogP contribution is 2.36. The lowest BCUT2D eigenvalue weighted by Gasteiger charge is -2.35. The van der Waals surface area contributed by atoms with Gasteiger partial charge < -0.3 is 14.5 Å². The van der Waals surface area contributed by atoms with Crippen molar-refractivity contribution in [1.82, 2.24) is 34.7 Å². The summed E-state index contributed by atoms with van der Waals surface area (Å²) in [6.45, 7) is 2.15. The van der Waals surface area contributed by atoms with Crippen molar-refractivity contribution in [2.24, 2.45) is 0 Å².